The number of carbonyl (C=O) groups is 1. The normalized spacial score (nSPS) is 15.7. The van der Waals surface area contributed by atoms with Crippen LogP contribution in [-0.2, 0) is 4.79 Å². The minimum absolute atomic E-state index is 0.164. The van der Waals surface area contributed by atoms with Gasteiger partial charge in [0.05, 0.1) is 20.0 Å². The molecule has 1 heterocycles. The zero-order chi connectivity index (χ0) is 19.9. The Hall–Kier alpha value is -2.23. The van der Waals surface area contributed by atoms with Crippen molar-refractivity contribution in [2.45, 2.75) is 13.8 Å². The van der Waals surface area contributed by atoms with Crippen molar-refractivity contribution in [3.63, 3.8) is 0 Å². The Kier molecular flexibility index (Phi) is 5.36. The molecule has 0 unspecified atom stereocenters. The van der Waals surface area contributed by atoms with Gasteiger partial charge < -0.3 is 5.11 Å². The van der Waals surface area contributed by atoms with Gasteiger partial charge in [0.25, 0.3) is 11.6 Å². The lowest BCUT2D eigenvalue weighted by atomic mass is 10.1. The Morgan fingerprint density at radius 2 is 2.00 bits per heavy atom. The lowest BCUT2D eigenvalue weighted by Crippen LogP contribution is -2.28. The number of non-ortho nitro benzene ring substituents is 1. The summed E-state index contributed by atoms with van der Waals surface area (Å²) in [6.45, 7) is 3.86. The van der Waals surface area contributed by atoms with Crippen LogP contribution in [0, 0.1) is 24.0 Å². The molecule has 3 rings (SSSR count). The molecule has 0 atom stereocenters. The highest BCUT2D eigenvalue weighted by atomic mass is 79.9. The first-order valence-corrected chi connectivity index (χ1v) is 9.73. The van der Waals surface area contributed by atoms with Crippen molar-refractivity contribution >= 4 is 67.6 Å². The summed E-state index contributed by atoms with van der Waals surface area (Å²) >= 11 is 9.54. The zero-order valence-corrected chi connectivity index (χ0v) is 17.4. The fourth-order valence-corrected chi connectivity index (χ4v) is 4.43. The van der Waals surface area contributed by atoms with Crippen molar-refractivity contribution in [2.24, 2.45) is 0 Å². The summed E-state index contributed by atoms with van der Waals surface area (Å²) in [6, 6.07) is 8.10. The van der Waals surface area contributed by atoms with E-state index < -0.39 is 4.92 Å². The summed E-state index contributed by atoms with van der Waals surface area (Å²) < 4.78 is 0.537. The molecule has 6 nitrogen and oxygen atoms in total. The van der Waals surface area contributed by atoms with Gasteiger partial charge in [-0.1, -0.05) is 41.7 Å². The van der Waals surface area contributed by atoms with E-state index in [0.717, 1.165) is 22.9 Å². The summed E-state index contributed by atoms with van der Waals surface area (Å²) in [7, 11) is 0. The van der Waals surface area contributed by atoms with Gasteiger partial charge in [0.15, 0.2) is 4.32 Å². The van der Waals surface area contributed by atoms with Crippen molar-refractivity contribution in [1.29, 1.82) is 0 Å². The summed E-state index contributed by atoms with van der Waals surface area (Å²) in [5.41, 5.74) is 2.64. The van der Waals surface area contributed by atoms with Crippen molar-refractivity contribution in [2.75, 3.05) is 4.90 Å². The number of aryl methyl sites for hydroxylation is 2. The number of aromatic hydroxyl groups is 1. The fraction of sp³-hybridized carbons (Fsp3) is 0.111. The Morgan fingerprint density at radius 1 is 1.30 bits per heavy atom. The first-order chi connectivity index (χ1) is 12.7. The molecular formula is C18H13BrN2O4S2. The Morgan fingerprint density at radius 3 is 2.63 bits per heavy atom. The number of hydrogen-bond acceptors (Lipinski definition) is 6. The third kappa shape index (κ3) is 3.76. The second-order valence-corrected chi connectivity index (χ2v) is 8.46. The number of amides is 1. The predicted molar refractivity (Wildman–Crippen MR) is 114 cm³/mol. The second-order valence-electron chi connectivity index (χ2n) is 5.93. The lowest BCUT2D eigenvalue weighted by Gasteiger charge is -2.17. The summed E-state index contributed by atoms with van der Waals surface area (Å²) in [5, 5.41) is 21.2. The number of nitro groups is 1. The average molecular weight is 465 g/mol. The molecule has 2 aromatic rings. The number of phenolic OH excluding ortho intramolecular Hbond substituents is 1. The van der Waals surface area contributed by atoms with E-state index >= 15 is 0 Å². The van der Waals surface area contributed by atoms with Crippen LogP contribution in [0.15, 0.2) is 39.7 Å². The Bertz CT molecular complexity index is 1040. The van der Waals surface area contributed by atoms with Crippen LogP contribution in [0.5, 0.6) is 5.75 Å². The van der Waals surface area contributed by atoms with Crippen molar-refractivity contribution < 1.29 is 14.8 Å². The largest absolute Gasteiger partial charge is 0.506 e. The highest BCUT2D eigenvalue weighted by Gasteiger charge is 2.34. The van der Waals surface area contributed by atoms with Gasteiger partial charge in [-0.3, -0.25) is 19.8 Å². The highest BCUT2D eigenvalue weighted by Crippen LogP contribution is 2.40. The predicted octanol–water partition coefficient (Wildman–Crippen LogP) is 5.09. The van der Waals surface area contributed by atoms with Gasteiger partial charge >= 0.3 is 0 Å². The quantitative estimate of drug-likeness (QED) is 0.295. The molecule has 1 N–H and O–H groups in total. The molecule has 9 heteroatoms. The van der Waals surface area contributed by atoms with Crippen molar-refractivity contribution in [1.82, 2.24) is 0 Å². The maximum atomic E-state index is 12.9. The number of halogens is 1. The Labute approximate surface area is 173 Å². The van der Waals surface area contributed by atoms with E-state index in [9.17, 15) is 20.0 Å². The van der Waals surface area contributed by atoms with Crippen LogP contribution in [0.3, 0.4) is 0 Å². The van der Waals surface area contributed by atoms with Crippen LogP contribution >= 0.6 is 39.9 Å². The maximum absolute atomic E-state index is 12.9. The molecule has 2 aromatic carbocycles. The molecule has 0 radical (unpaired) electrons. The average Bonchev–Trinajstić information content (AvgIpc) is 2.86. The molecule has 27 heavy (non-hydrogen) atoms. The van der Waals surface area contributed by atoms with Crippen LogP contribution in [0.25, 0.3) is 6.08 Å². The van der Waals surface area contributed by atoms with Gasteiger partial charge in [0.2, 0.25) is 0 Å². The molecule has 0 aromatic heterocycles. The first-order valence-electron chi connectivity index (χ1n) is 7.71. The van der Waals surface area contributed by atoms with E-state index in [2.05, 4.69) is 15.9 Å². The minimum Gasteiger partial charge on any atom is -0.506 e. The molecule has 0 aliphatic carbocycles. The van der Waals surface area contributed by atoms with E-state index in [-0.39, 0.29) is 32.3 Å². The molecule has 0 spiro atoms. The zero-order valence-electron chi connectivity index (χ0n) is 14.2. The number of anilines is 1. The van der Waals surface area contributed by atoms with Gasteiger partial charge in [0.1, 0.15) is 5.75 Å². The van der Waals surface area contributed by atoms with Crippen molar-refractivity contribution in [3.8, 4) is 5.75 Å². The van der Waals surface area contributed by atoms with Crippen LogP contribution in [0.1, 0.15) is 16.7 Å². The smallest absolute Gasteiger partial charge is 0.271 e. The lowest BCUT2D eigenvalue weighted by molar-refractivity contribution is -0.385. The maximum Gasteiger partial charge on any atom is 0.271 e. The van der Waals surface area contributed by atoms with Gasteiger partial charge in [-0.05, 0) is 47.5 Å². The van der Waals surface area contributed by atoms with Gasteiger partial charge in [-0.25, -0.2) is 0 Å². The van der Waals surface area contributed by atoms with Crippen LogP contribution in [0.4, 0.5) is 11.4 Å². The molecule has 0 bridgehead atoms. The monoisotopic (exact) mass is 464 g/mol. The van der Waals surface area contributed by atoms with Crippen LogP contribution in [0.2, 0.25) is 0 Å². The van der Waals surface area contributed by atoms with Gasteiger partial charge in [0, 0.05) is 17.7 Å². The standard InChI is InChI=1S/C18H13BrN2O4S2/c1-9-3-4-14(10(2)5-9)20-17(23)15(27-18(20)26)7-11-6-12(21(24)25)8-13(19)16(11)22/h3-8,22H,1-2H3/b15-7-. The molecule has 1 amide bonds. The van der Waals surface area contributed by atoms with Gasteiger partial charge in [-0.2, -0.15) is 0 Å². The molecule has 0 saturated carbocycles. The number of carbonyl (C=O) groups excluding carboxylic acids is 1. The number of benzene rings is 2. The fourth-order valence-electron chi connectivity index (χ4n) is 2.69. The molecule has 138 valence electrons. The SMILES string of the molecule is Cc1ccc(N2C(=O)/C(=C/c3cc([N+](=O)[O-])cc(Br)c3O)SC2=S)c(C)c1. The van der Waals surface area contributed by atoms with Crippen molar-refractivity contribution in [3.05, 3.63) is 66.5 Å². The number of phenols is 1. The molecule has 1 aliphatic heterocycles. The van der Waals surface area contributed by atoms with E-state index in [1.165, 1.54) is 23.1 Å². The third-order valence-electron chi connectivity index (χ3n) is 3.96. The number of rotatable bonds is 3. The first kappa shape index (κ1) is 19.5. The van der Waals surface area contributed by atoms with Crippen LogP contribution < -0.4 is 4.90 Å². The Balaban J connectivity index is 2.04. The topological polar surface area (TPSA) is 83.7 Å². The number of thiocarbonyl (C=S) groups is 1. The number of thioether (sulfide) groups is 1. The van der Waals surface area contributed by atoms with E-state index in [1.807, 2.05) is 32.0 Å². The minimum atomic E-state index is -0.567. The number of hydrogen-bond donors (Lipinski definition) is 1. The second kappa shape index (κ2) is 7.41. The number of nitro benzene ring substituents is 1. The molecule has 1 aliphatic rings. The molecule has 1 fully saturated rings. The summed E-state index contributed by atoms with van der Waals surface area (Å²) in [5.74, 6) is -0.517. The summed E-state index contributed by atoms with van der Waals surface area (Å²) in [4.78, 5) is 25.1. The molecule has 1 saturated heterocycles. The highest BCUT2D eigenvalue weighted by molar-refractivity contribution is 9.10. The molecular weight excluding hydrogens is 452 g/mol. The summed E-state index contributed by atoms with van der Waals surface area (Å²) in [6.07, 6.45) is 1.41. The van der Waals surface area contributed by atoms with E-state index in [4.69, 9.17) is 12.2 Å². The van der Waals surface area contributed by atoms with E-state index in [0.29, 0.717) is 10.0 Å². The van der Waals surface area contributed by atoms with E-state index in [1.54, 1.807) is 0 Å². The van der Waals surface area contributed by atoms with Gasteiger partial charge in [-0.15, -0.1) is 0 Å². The van der Waals surface area contributed by atoms with Crippen LogP contribution in [-0.4, -0.2) is 20.3 Å². The number of nitrogens with zero attached hydrogens (tertiary/aromatic N) is 2. The third-order valence-corrected chi connectivity index (χ3v) is 5.87.